The lowest BCUT2D eigenvalue weighted by Gasteiger charge is -2.10. The number of nitrogens with zero attached hydrogens (tertiary/aromatic N) is 4. The first-order valence-electron chi connectivity index (χ1n) is 8.26. The van der Waals surface area contributed by atoms with Crippen molar-refractivity contribution in [1.82, 2.24) is 25.2 Å². The molecule has 4 rings (SSSR count). The normalized spacial score (nSPS) is 12.4. The Morgan fingerprint density at radius 3 is 2.88 bits per heavy atom. The van der Waals surface area contributed by atoms with Crippen LogP contribution in [0.3, 0.4) is 0 Å². The molecule has 2 aromatic heterocycles. The SMILES string of the molecule is Cc1cccc(-n2nnnc2SC(C)C(=O)c2c[nH]c3ccccc23)c1. The summed E-state index contributed by atoms with van der Waals surface area (Å²) < 4.78 is 1.66. The van der Waals surface area contributed by atoms with Gasteiger partial charge in [0.15, 0.2) is 5.78 Å². The number of H-pyrrole nitrogens is 1. The lowest BCUT2D eigenvalue weighted by Crippen LogP contribution is -2.14. The minimum Gasteiger partial charge on any atom is -0.360 e. The van der Waals surface area contributed by atoms with Crippen LogP contribution < -0.4 is 0 Å². The fourth-order valence-electron chi connectivity index (χ4n) is 2.88. The summed E-state index contributed by atoms with van der Waals surface area (Å²) in [5.41, 5.74) is 3.65. The van der Waals surface area contributed by atoms with E-state index in [0.29, 0.717) is 10.7 Å². The zero-order valence-corrected chi connectivity index (χ0v) is 15.2. The zero-order chi connectivity index (χ0) is 18.1. The molecule has 2 heterocycles. The van der Waals surface area contributed by atoms with Crippen molar-refractivity contribution < 1.29 is 4.79 Å². The van der Waals surface area contributed by atoms with E-state index in [0.717, 1.165) is 22.2 Å². The Morgan fingerprint density at radius 1 is 1.19 bits per heavy atom. The van der Waals surface area contributed by atoms with E-state index < -0.39 is 0 Å². The van der Waals surface area contributed by atoms with Crippen molar-refractivity contribution in [3.05, 3.63) is 65.9 Å². The van der Waals surface area contributed by atoms with Gasteiger partial charge in [-0.05, 0) is 48.0 Å². The van der Waals surface area contributed by atoms with Crippen molar-refractivity contribution in [2.45, 2.75) is 24.3 Å². The van der Waals surface area contributed by atoms with Crippen LogP contribution in [-0.4, -0.2) is 36.2 Å². The predicted molar refractivity (Wildman–Crippen MR) is 102 cm³/mol. The minimum atomic E-state index is -0.316. The summed E-state index contributed by atoms with van der Waals surface area (Å²) in [6, 6.07) is 15.7. The first-order chi connectivity index (χ1) is 12.6. The largest absolute Gasteiger partial charge is 0.360 e. The van der Waals surface area contributed by atoms with E-state index in [9.17, 15) is 4.79 Å². The monoisotopic (exact) mass is 363 g/mol. The molecule has 0 amide bonds. The average molecular weight is 363 g/mol. The predicted octanol–water partition coefficient (Wildman–Crippen LogP) is 3.82. The molecule has 6 nitrogen and oxygen atoms in total. The molecule has 1 atom stereocenters. The number of aromatic amines is 1. The number of Topliss-reactive ketones (excluding diaryl/α,β-unsaturated/α-hetero) is 1. The van der Waals surface area contributed by atoms with Gasteiger partial charge in [0, 0.05) is 22.7 Å². The molecule has 130 valence electrons. The third kappa shape index (κ3) is 3.01. The highest BCUT2D eigenvalue weighted by molar-refractivity contribution is 8.00. The standard InChI is InChI=1S/C19H17N5OS/c1-12-6-5-7-14(10-12)24-19(21-22-23-24)26-13(2)18(25)16-11-20-17-9-4-3-8-15(16)17/h3-11,13,20H,1-2H3. The molecule has 1 N–H and O–H groups in total. The van der Waals surface area contributed by atoms with Gasteiger partial charge in [0.2, 0.25) is 5.16 Å². The number of nitrogens with one attached hydrogen (secondary N) is 1. The molecular formula is C19H17N5OS. The molecule has 0 aliphatic carbocycles. The molecule has 1 unspecified atom stereocenters. The Balaban J connectivity index is 1.60. The third-order valence-electron chi connectivity index (χ3n) is 4.19. The Labute approximate surface area is 154 Å². The molecule has 0 saturated heterocycles. The second-order valence-electron chi connectivity index (χ2n) is 6.08. The van der Waals surface area contributed by atoms with E-state index in [4.69, 9.17) is 0 Å². The van der Waals surface area contributed by atoms with E-state index in [1.165, 1.54) is 11.8 Å². The summed E-state index contributed by atoms with van der Waals surface area (Å²) in [6.07, 6.45) is 1.77. The maximum atomic E-state index is 12.9. The van der Waals surface area contributed by atoms with Gasteiger partial charge in [-0.25, -0.2) is 0 Å². The molecule has 0 bridgehead atoms. The van der Waals surface area contributed by atoms with Crippen molar-refractivity contribution in [3.63, 3.8) is 0 Å². The van der Waals surface area contributed by atoms with Gasteiger partial charge in [-0.15, -0.1) is 5.10 Å². The van der Waals surface area contributed by atoms with Crippen LogP contribution in [0.2, 0.25) is 0 Å². The number of fused-ring (bicyclic) bond motifs is 1. The Hall–Kier alpha value is -2.93. The quantitative estimate of drug-likeness (QED) is 0.431. The number of ketones is 1. The number of rotatable bonds is 5. The summed E-state index contributed by atoms with van der Waals surface area (Å²) in [6.45, 7) is 3.90. The average Bonchev–Trinajstić information content (AvgIpc) is 3.28. The molecule has 2 aromatic carbocycles. The van der Waals surface area contributed by atoms with Gasteiger partial charge >= 0.3 is 0 Å². The van der Waals surface area contributed by atoms with Crippen molar-refractivity contribution in [2.75, 3.05) is 0 Å². The number of carbonyl (C=O) groups excluding carboxylic acids is 1. The van der Waals surface area contributed by atoms with E-state index in [1.807, 2.05) is 62.4 Å². The van der Waals surface area contributed by atoms with E-state index in [2.05, 4.69) is 20.5 Å². The first kappa shape index (κ1) is 16.5. The van der Waals surface area contributed by atoms with Crippen molar-refractivity contribution in [2.24, 2.45) is 0 Å². The van der Waals surface area contributed by atoms with Crippen LogP contribution in [0.15, 0.2) is 59.9 Å². The maximum Gasteiger partial charge on any atom is 0.214 e. The van der Waals surface area contributed by atoms with E-state index in [1.54, 1.807) is 10.9 Å². The highest BCUT2D eigenvalue weighted by Crippen LogP contribution is 2.28. The zero-order valence-electron chi connectivity index (χ0n) is 14.4. The molecular weight excluding hydrogens is 346 g/mol. The van der Waals surface area contributed by atoms with Crippen molar-refractivity contribution in [3.8, 4) is 5.69 Å². The summed E-state index contributed by atoms with van der Waals surface area (Å²) in [5.74, 6) is 0.0474. The van der Waals surface area contributed by atoms with Crippen LogP contribution in [0.25, 0.3) is 16.6 Å². The lowest BCUT2D eigenvalue weighted by molar-refractivity contribution is 0.0995. The van der Waals surface area contributed by atoms with Crippen LogP contribution in [0.5, 0.6) is 0 Å². The fraction of sp³-hybridized carbons (Fsp3) is 0.158. The summed E-state index contributed by atoms with van der Waals surface area (Å²) in [4.78, 5) is 16.1. The van der Waals surface area contributed by atoms with Gasteiger partial charge in [0.25, 0.3) is 0 Å². The Morgan fingerprint density at radius 2 is 2.04 bits per heavy atom. The highest BCUT2D eigenvalue weighted by Gasteiger charge is 2.22. The molecule has 7 heteroatoms. The molecule has 0 aliphatic heterocycles. The number of benzene rings is 2. The van der Waals surface area contributed by atoms with Crippen molar-refractivity contribution >= 4 is 28.4 Å². The lowest BCUT2D eigenvalue weighted by atomic mass is 10.1. The van der Waals surface area contributed by atoms with Gasteiger partial charge in [-0.1, -0.05) is 42.1 Å². The van der Waals surface area contributed by atoms with Gasteiger partial charge in [-0.2, -0.15) is 4.68 Å². The fourth-order valence-corrected chi connectivity index (χ4v) is 3.76. The molecule has 0 saturated carbocycles. The van der Waals surface area contributed by atoms with Gasteiger partial charge in [0.05, 0.1) is 10.9 Å². The van der Waals surface area contributed by atoms with E-state index in [-0.39, 0.29) is 11.0 Å². The van der Waals surface area contributed by atoms with Crippen LogP contribution in [0.1, 0.15) is 22.8 Å². The second kappa shape index (κ2) is 6.76. The summed E-state index contributed by atoms with van der Waals surface area (Å²) >= 11 is 1.36. The minimum absolute atomic E-state index is 0.0474. The summed E-state index contributed by atoms with van der Waals surface area (Å²) in [5, 5.41) is 13.2. The number of aromatic nitrogens is 5. The summed E-state index contributed by atoms with van der Waals surface area (Å²) in [7, 11) is 0. The van der Waals surface area contributed by atoms with Crippen LogP contribution in [-0.2, 0) is 0 Å². The Bertz CT molecular complexity index is 1080. The molecule has 0 spiro atoms. The third-order valence-corrected chi connectivity index (χ3v) is 5.23. The number of aryl methyl sites for hydroxylation is 1. The number of hydrogen-bond acceptors (Lipinski definition) is 5. The number of carbonyl (C=O) groups is 1. The molecule has 0 fully saturated rings. The van der Waals surface area contributed by atoms with Gasteiger partial charge < -0.3 is 4.98 Å². The smallest absolute Gasteiger partial charge is 0.214 e. The van der Waals surface area contributed by atoms with Crippen LogP contribution in [0, 0.1) is 6.92 Å². The molecule has 0 radical (unpaired) electrons. The second-order valence-corrected chi connectivity index (χ2v) is 7.39. The molecule has 4 aromatic rings. The number of hydrogen-bond donors (Lipinski definition) is 1. The first-order valence-corrected chi connectivity index (χ1v) is 9.14. The van der Waals surface area contributed by atoms with Crippen molar-refractivity contribution in [1.29, 1.82) is 0 Å². The number of para-hydroxylation sites is 1. The molecule has 26 heavy (non-hydrogen) atoms. The van der Waals surface area contributed by atoms with Crippen LogP contribution in [0.4, 0.5) is 0 Å². The van der Waals surface area contributed by atoms with Crippen LogP contribution >= 0.6 is 11.8 Å². The Kier molecular flexibility index (Phi) is 4.30. The number of tetrazole rings is 1. The molecule has 0 aliphatic rings. The van der Waals surface area contributed by atoms with Gasteiger partial charge in [0.1, 0.15) is 0 Å². The highest BCUT2D eigenvalue weighted by atomic mass is 32.2. The van der Waals surface area contributed by atoms with E-state index >= 15 is 0 Å². The topological polar surface area (TPSA) is 76.5 Å². The maximum absolute atomic E-state index is 12.9. The number of thioether (sulfide) groups is 1. The van der Waals surface area contributed by atoms with Gasteiger partial charge in [-0.3, -0.25) is 4.79 Å².